The number of halogens is 4. The van der Waals surface area contributed by atoms with Gasteiger partial charge in [-0.2, -0.15) is 0 Å². The highest BCUT2D eigenvalue weighted by molar-refractivity contribution is 6.44. The summed E-state index contributed by atoms with van der Waals surface area (Å²) in [5.74, 6) is -0.833. The summed E-state index contributed by atoms with van der Waals surface area (Å²) in [4.78, 5) is 16.6. The van der Waals surface area contributed by atoms with E-state index in [0.29, 0.717) is 15.6 Å². The first kappa shape index (κ1) is 18.4. The number of nitrogens with zero attached hydrogens (tertiary/aromatic N) is 1. The number of carbonyl (C=O) groups excluding carboxylic acids is 1. The number of hydrogen-bond donors (Lipinski definition) is 2. The molecule has 4 nitrogen and oxygen atoms in total. The fourth-order valence-corrected chi connectivity index (χ4v) is 3.58. The molecule has 0 saturated carbocycles. The molecule has 1 aromatic carbocycles. The van der Waals surface area contributed by atoms with Crippen molar-refractivity contribution in [2.75, 3.05) is 0 Å². The van der Waals surface area contributed by atoms with Crippen molar-refractivity contribution in [3.05, 3.63) is 62.4 Å². The molecule has 3 rings (SSSR count). The Morgan fingerprint density at radius 2 is 2.04 bits per heavy atom. The van der Waals surface area contributed by atoms with Crippen LogP contribution in [-0.2, 0) is 17.0 Å². The minimum Gasteiger partial charge on any atom is -0.387 e. The lowest BCUT2D eigenvalue weighted by atomic mass is 9.81. The number of pyridine rings is 1. The minimum absolute atomic E-state index is 0.0686. The summed E-state index contributed by atoms with van der Waals surface area (Å²) in [5.41, 5.74) is -1.60. The molecule has 132 valence electrons. The minimum atomic E-state index is -2.28. The maximum Gasteiger partial charge on any atom is 0.262 e. The number of hydrogen-bond acceptors (Lipinski definition) is 3. The van der Waals surface area contributed by atoms with Gasteiger partial charge in [0, 0.05) is 28.9 Å². The molecular weight excluding hydrogens is 390 g/mol. The van der Waals surface area contributed by atoms with Crippen LogP contribution in [0.25, 0.3) is 0 Å². The van der Waals surface area contributed by atoms with E-state index in [0.717, 1.165) is 0 Å². The zero-order valence-electron chi connectivity index (χ0n) is 12.9. The topological polar surface area (TPSA) is 62.2 Å². The Labute approximate surface area is 158 Å². The van der Waals surface area contributed by atoms with Crippen molar-refractivity contribution in [1.29, 1.82) is 0 Å². The fourth-order valence-electron chi connectivity index (χ4n) is 2.90. The smallest absolute Gasteiger partial charge is 0.262 e. The Morgan fingerprint density at radius 3 is 2.80 bits per heavy atom. The highest BCUT2D eigenvalue weighted by atomic mass is 35.5. The number of nitrogens with one attached hydrogen (secondary N) is 1. The molecule has 1 aliphatic carbocycles. The lowest BCUT2D eigenvalue weighted by Crippen LogP contribution is -2.44. The zero-order chi connectivity index (χ0) is 18.2. The molecule has 0 saturated heterocycles. The molecule has 25 heavy (non-hydrogen) atoms. The average molecular weight is 404 g/mol. The van der Waals surface area contributed by atoms with Gasteiger partial charge in [-0.05, 0) is 31.0 Å². The first-order chi connectivity index (χ1) is 11.8. The molecular formula is C17H14Cl3FN2O2. The van der Waals surface area contributed by atoms with E-state index in [4.69, 9.17) is 34.8 Å². The summed E-state index contributed by atoms with van der Waals surface area (Å²) in [6.07, 6.45) is 0.532. The lowest BCUT2D eigenvalue weighted by Gasteiger charge is -2.32. The highest BCUT2D eigenvalue weighted by Gasteiger charge is 2.46. The fraction of sp³-hybridized carbons (Fsp3) is 0.294. The predicted molar refractivity (Wildman–Crippen MR) is 94.5 cm³/mol. The Balaban J connectivity index is 1.85. The molecule has 1 aromatic heterocycles. The van der Waals surface area contributed by atoms with Crippen LogP contribution in [0.2, 0.25) is 15.1 Å². The SMILES string of the molecule is O=C(NCc1c(Cl)ccc(Cl)c1Cl)[C@@]1(F)CC[C@@H](O)c2ncccc21. The second kappa shape index (κ2) is 7.08. The van der Waals surface area contributed by atoms with Gasteiger partial charge >= 0.3 is 0 Å². The molecule has 1 amide bonds. The standard InChI is InChI=1S/C17H14Cl3FN2O2/c18-11-3-4-12(19)14(20)9(11)8-23-16(25)17(21)6-5-13(24)15-10(17)2-1-7-22-15/h1-4,7,13,24H,5-6,8H2,(H,23,25)/t13-,17-/m1/s1. The molecule has 0 unspecified atom stereocenters. The van der Waals surface area contributed by atoms with Gasteiger partial charge in [-0.15, -0.1) is 0 Å². The average Bonchev–Trinajstić information content (AvgIpc) is 2.61. The molecule has 0 aliphatic heterocycles. The monoisotopic (exact) mass is 402 g/mol. The maximum atomic E-state index is 15.5. The van der Waals surface area contributed by atoms with Gasteiger partial charge < -0.3 is 10.4 Å². The molecule has 1 aliphatic rings. The maximum absolute atomic E-state index is 15.5. The second-order valence-corrected chi connectivity index (χ2v) is 6.99. The number of alkyl halides is 1. The van der Waals surface area contributed by atoms with Crippen LogP contribution in [0, 0.1) is 0 Å². The van der Waals surface area contributed by atoms with E-state index in [1.807, 2.05) is 0 Å². The van der Waals surface area contributed by atoms with Crippen LogP contribution in [-0.4, -0.2) is 16.0 Å². The van der Waals surface area contributed by atoms with Crippen molar-refractivity contribution in [2.45, 2.75) is 31.2 Å². The van der Waals surface area contributed by atoms with Crippen LogP contribution >= 0.6 is 34.8 Å². The van der Waals surface area contributed by atoms with E-state index in [9.17, 15) is 9.90 Å². The molecule has 0 spiro atoms. The number of rotatable bonds is 3. The van der Waals surface area contributed by atoms with Crippen molar-refractivity contribution in [3.63, 3.8) is 0 Å². The van der Waals surface area contributed by atoms with Gasteiger partial charge in [0.2, 0.25) is 5.67 Å². The first-order valence-electron chi connectivity index (χ1n) is 7.57. The number of benzene rings is 1. The molecule has 2 atom stereocenters. The summed E-state index contributed by atoms with van der Waals surface area (Å²) < 4.78 is 15.5. The summed E-state index contributed by atoms with van der Waals surface area (Å²) in [5, 5.41) is 13.3. The third-order valence-electron chi connectivity index (χ3n) is 4.27. The van der Waals surface area contributed by atoms with E-state index in [2.05, 4.69) is 10.3 Å². The predicted octanol–water partition coefficient (Wildman–Crippen LogP) is 4.35. The molecule has 2 N–H and O–H groups in total. The van der Waals surface area contributed by atoms with Crippen LogP contribution in [0.5, 0.6) is 0 Å². The summed E-state index contributed by atoms with van der Waals surface area (Å²) in [7, 11) is 0. The van der Waals surface area contributed by atoms with E-state index in [-0.39, 0.29) is 35.7 Å². The highest BCUT2D eigenvalue weighted by Crippen LogP contribution is 2.42. The van der Waals surface area contributed by atoms with E-state index in [1.54, 1.807) is 12.1 Å². The molecule has 2 aromatic rings. The molecule has 0 bridgehead atoms. The molecule has 0 fully saturated rings. The number of carbonyl (C=O) groups is 1. The van der Waals surface area contributed by atoms with Crippen molar-refractivity contribution >= 4 is 40.7 Å². The van der Waals surface area contributed by atoms with Crippen molar-refractivity contribution in [2.24, 2.45) is 0 Å². The van der Waals surface area contributed by atoms with Crippen LogP contribution in [0.4, 0.5) is 4.39 Å². The Hall–Kier alpha value is -1.40. The number of aliphatic hydroxyl groups excluding tert-OH is 1. The normalized spacial score (nSPS) is 22.4. The molecule has 0 radical (unpaired) electrons. The Kier molecular flexibility index (Phi) is 5.21. The van der Waals surface area contributed by atoms with Crippen molar-refractivity contribution in [1.82, 2.24) is 10.3 Å². The quantitative estimate of drug-likeness (QED) is 0.749. The van der Waals surface area contributed by atoms with Gasteiger partial charge in [-0.25, -0.2) is 4.39 Å². The third kappa shape index (κ3) is 3.34. The van der Waals surface area contributed by atoms with Crippen LogP contribution in [0.1, 0.15) is 35.8 Å². The van der Waals surface area contributed by atoms with Crippen LogP contribution < -0.4 is 5.32 Å². The lowest BCUT2D eigenvalue weighted by molar-refractivity contribution is -0.135. The molecule has 1 heterocycles. The van der Waals surface area contributed by atoms with Crippen LogP contribution in [0.15, 0.2) is 30.5 Å². The zero-order valence-corrected chi connectivity index (χ0v) is 15.2. The summed E-state index contributed by atoms with van der Waals surface area (Å²) in [6, 6.07) is 6.09. The Bertz CT molecular complexity index is 834. The van der Waals surface area contributed by atoms with Gasteiger partial charge in [0.15, 0.2) is 0 Å². The van der Waals surface area contributed by atoms with E-state index in [1.165, 1.54) is 18.3 Å². The summed E-state index contributed by atoms with van der Waals surface area (Å²) in [6.45, 7) is -0.0686. The van der Waals surface area contributed by atoms with Crippen molar-refractivity contribution in [3.8, 4) is 0 Å². The number of aromatic nitrogens is 1. The van der Waals surface area contributed by atoms with Gasteiger partial charge in [-0.1, -0.05) is 40.9 Å². The first-order valence-corrected chi connectivity index (χ1v) is 8.71. The largest absolute Gasteiger partial charge is 0.387 e. The van der Waals surface area contributed by atoms with Gasteiger partial charge in [0.05, 0.1) is 21.8 Å². The van der Waals surface area contributed by atoms with Gasteiger partial charge in [-0.3, -0.25) is 9.78 Å². The Morgan fingerprint density at radius 1 is 1.32 bits per heavy atom. The van der Waals surface area contributed by atoms with E-state index >= 15 is 4.39 Å². The van der Waals surface area contributed by atoms with Gasteiger partial charge in [0.1, 0.15) is 0 Å². The third-order valence-corrected chi connectivity index (χ3v) is 5.47. The number of aliphatic hydroxyl groups is 1. The van der Waals surface area contributed by atoms with E-state index < -0.39 is 17.7 Å². The number of amides is 1. The second-order valence-electron chi connectivity index (χ2n) is 5.80. The van der Waals surface area contributed by atoms with Gasteiger partial charge in [0.25, 0.3) is 5.91 Å². The van der Waals surface area contributed by atoms with Crippen molar-refractivity contribution < 1.29 is 14.3 Å². The summed E-state index contributed by atoms with van der Waals surface area (Å²) >= 11 is 18.1. The molecule has 8 heteroatoms. The van der Waals surface area contributed by atoms with Crippen LogP contribution in [0.3, 0.4) is 0 Å². The number of fused-ring (bicyclic) bond motifs is 1.